The zero-order valence-electron chi connectivity index (χ0n) is 10.8. The monoisotopic (exact) mass is 254 g/mol. The zero-order valence-corrected chi connectivity index (χ0v) is 11.5. The fourth-order valence-corrected chi connectivity index (χ4v) is 1.78. The van der Waals surface area contributed by atoms with E-state index in [9.17, 15) is 4.79 Å². The SMILES string of the molecule is CCc1cc(OC(C)C)ccc1C(=O)C(C)Cl. The first-order valence-electron chi connectivity index (χ1n) is 5.93. The molecule has 94 valence electrons. The molecular weight excluding hydrogens is 236 g/mol. The van der Waals surface area contributed by atoms with Gasteiger partial charge >= 0.3 is 0 Å². The third-order valence-corrected chi connectivity index (χ3v) is 2.65. The Hall–Kier alpha value is -1.02. The fourth-order valence-electron chi connectivity index (χ4n) is 1.66. The number of alkyl halides is 1. The lowest BCUT2D eigenvalue weighted by atomic mass is 9.99. The third-order valence-electron chi connectivity index (χ3n) is 2.46. The Bertz CT molecular complexity index is 397. The van der Waals surface area contributed by atoms with Gasteiger partial charge < -0.3 is 4.74 Å². The van der Waals surface area contributed by atoms with Gasteiger partial charge in [0.1, 0.15) is 5.75 Å². The van der Waals surface area contributed by atoms with Crippen LogP contribution in [-0.2, 0) is 6.42 Å². The molecule has 0 aliphatic rings. The van der Waals surface area contributed by atoms with Gasteiger partial charge in [0.05, 0.1) is 11.5 Å². The quantitative estimate of drug-likeness (QED) is 0.589. The largest absolute Gasteiger partial charge is 0.491 e. The lowest BCUT2D eigenvalue weighted by Crippen LogP contribution is -2.13. The first kappa shape index (κ1) is 14.0. The highest BCUT2D eigenvalue weighted by Crippen LogP contribution is 2.21. The number of carbonyl (C=O) groups excluding carboxylic acids is 1. The number of carbonyl (C=O) groups is 1. The summed E-state index contributed by atoms with van der Waals surface area (Å²) in [6.07, 6.45) is 0.924. The van der Waals surface area contributed by atoms with Crippen LogP contribution in [0.1, 0.15) is 43.6 Å². The van der Waals surface area contributed by atoms with Gasteiger partial charge in [0.2, 0.25) is 0 Å². The average molecular weight is 255 g/mol. The third kappa shape index (κ3) is 3.74. The molecular formula is C14H19ClO2. The number of hydrogen-bond donors (Lipinski definition) is 0. The van der Waals surface area contributed by atoms with Crippen molar-refractivity contribution in [3.8, 4) is 5.75 Å². The maximum Gasteiger partial charge on any atom is 0.180 e. The Kier molecular flexibility index (Phi) is 5.01. The highest BCUT2D eigenvalue weighted by atomic mass is 35.5. The van der Waals surface area contributed by atoms with E-state index in [1.807, 2.05) is 32.9 Å². The van der Waals surface area contributed by atoms with Crippen molar-refractivity contribution in [3.63, 3.8) is 0 Å². The highest BCUT2D eigenvalue weighted by Gasteiger charge is 2.16. The number of ether oxygens (including phenoxy) is 1. The number of halogens is 1. The molecule has 0 N–H and O–H groups in total. The van der Waals surface area contributed by atoms with Gasteiger partial charge in [-0.2, -0.15) is 0 Å². The van der Waals surface area contributed by atoms with E-state index in [4.69, 9.17) is 16.3 Å². The molecule has 0 fully saturated rings. The Morgan fingerprint density at radius 1 is 1.35 bits per heavy atom. The topological polar surface area (TPSA) is 26.3 Å². The van der Waals surface area contributed by atoms with E-state index in [1.54, 1.807) is 13.0 Å². The van der Waals surface area contributed by atoms with E-state index < -0.39 is 5.38 Å². The maximum atomic E-state index is 11.9. The standard InChI is InChI=1S/C14H19ClO2/c1-5-11-8-12(17-9(2)3)6-7-13(11)14(16)10(4)15/h6-10H,5H2,1-4H3. The van der Waals surface area contributed by atoms with Crippen LogP contribution >= 0.6 is 11.6 Å². The van der Waals surface area contributed by atoms with Crippen LogP contribution in [0.4, 0.5) is 0 Å². The molecule has 0 amide bonds. The number of benzene rings is 1. The molecule has 1 aromatic carbocycles. The summed E-state index contributed by atoms with van der Waals surface area (Å²) in [6, 6.07) is 5.55. The highest BCUT2D eigenvalue weighted by molar-refractivity contribution is 6.33. The first-order valence-corrected chi connectivity index (χ1v) is 6.37. The van der Waals surface area contributed by atoms with Crippen LogP contribution in [0.25, 0.3) is 0 Å². The molecule has 1 unspecified atom stereocenters. The smallest absolute Gasteiger partial charge is 0.180 e. The normalized spacial score (nSPS) is 12.6. The van der Waals surface area contributed by atoms with Gasteiger partial charge in [0.25, 0.3) is 0 Å². The van der Waals surface area contributed by atoms with E-state index >= 15 is 0 Å². The van der Waals surface area contributed by atoms with Crippen LogP contribution in [-0.4, -0.2) is 17.3 Å². The zero-order chi connectivity index (χ0) is 13.0. The molecule has 2 nitrogen and oxygen atoms in total. The predicted octanol–water partition coefficient (Wildman–Crippen LogP) is 3.85. The van der Waals surface area contributed by atoms with Crippen molar-refractivity contribution >= 4 is 17.4 Å². The van der Waals surface area contributed by atoms with Crippen LogP contribution in [0.5, 0.6) is 5.75 Å². The molecule has 0 bridgehead atoms. The van der Waals surface area contributed by atoms with E-state index in [-0.39, 0.29) is 11.9 Å². The molecule has 0 saturated carbocycles. The van der Waals surface area contributed by atoms with Gasteiger partial charge in [-0.15, -0.1) is 11.6 Å². The van der Waals surface area contributed by atoms with E-state index in [2.05, 4.69) is 0 Å². The first-order chi connectivity index (χ1) is 7.95. The molecule has 0 aromatic heterocycles. The van der Waals surface area contributed by atoms with Gasteiger partial charge in [-0.1, -0.05) is 6.92 Å². The molecule has 0 saturated heterocycles. The molecule has 17 heavy (non-hydrogen) atoms. The van der Waals surface area contributed by atoms with E-state index in [0.717, 1.165) is 17.7 Å². The molecule has 1 rings (SSSR count). The molecule has 1 atom stereocenters. The average Bonchev–Trinajstić information content (AvgIpc) is 2.27. The lowest BCUT2D eigenvalue weighted by molar-refractivity contribution is 0.0991. The summed E-state index contributed by atoms with van der Waals surface area (Å²) >= 11 is 5.84. The summed E-state index contributed by atoms with van der Waals surface area (Å²) < 4.78 is 5.61. The van der Waals surface area contributed by atoms with Gasteiger partial charge in [-0.05, 0) is 51.0 Å². The molecule has 0 radical (unpaired) electrons. The Labute approximate surface area is 108 Å². The van der Waals surface area contributed by atoms with Gasteiger partial charge in [0.15, 0.2) is 5.78 Å². The molecule has 0 heterocycles. The Morgan fingerprint density at radius 3 is 2.47 bits per heavy atom. The summed E-state index contributed by atoms with van der Waals surface area (Å²) in [5, 5.41) is -0.489. The lowest BCUT2D eigenvalue weighted by Gasteiger charge is -2.13. The van der Waals surface area contributed by atoms with Crippen molar-refractivity contribution in [2.75, 3.05) is 0 Å². The van der Waals surface area contributed by atoms with E-state index in [1.165, 1.54) is 0 Å². The minimum atomic E-state index is -0.489. The Balaban J connectivity index is 3.05. The van der Waals surface area contributed by atoms with Crippen molar-refractivity contribution in [1.29, 1.82) is 0 Å². The predicted molar refractivity (Wildman–Crippen MR) is 71.2 cm³/mol. The van der Waals surface area contributed by atoms with Gasteiger partial charge in [-0.25, -0.2) is 0 Å². The fraction of sp³-hybridized carbons (Fsp3) is 0.500. The number of rotatable bonds is 5. The summed E-state index contributed by atoms with van der Waals surface area (Å²) in [5.74, 6) is 0.773. The second kappa shape index (κ2) is 6.06. The number of hydrogen-bond acceptors (Lipinski definition) is 2. The number of Topliss-reactive ketones (excluding diaryl/α,β-unsaturated/α-hetero) is 1. The van der Waals surface area contributed by atoms with Gasteiger partial charge in [-0.3, -0.25) is 4.79 Å². The summed E-state index contributed by atoms with van der Waals surface area (Å²) in [7, 11) is 0. The minimum absolute atomic E-state index is 0.0281. The van der Waals surface area contributed by atoms with Crippen LogP contribution < -0.4 is 4.74 Å². The van der Waals surface area contributed by atoms with Crippen LogP contribution in [0.3, 0.4) is 0 Å². The molecule has 0 aliphatic heterocycles. The second-order valence-corrected chi connectivity index (χ2v) is 4.97. The molecule has 0 spiro atoms. The van der Waals surface area contributed by atoms with Crippen molar-refractivity contribution in [1.82, 2.24) is 0 Å². The van der Waals surface area contributed by atoms with Gasteiger partial charge in [0, 0.05) is 5.56 Å². The van der Waals surface area contributed by atoms with Crippen molar-refractivity contribution in [3.05, 3.63) is 29.3 Å². The maximum absolute atomic E-state index is 11.9. The summed E-state index contributed by atoms with van der Waals surface area (Å²) in [4.78, 5) is 11.9. The van der Waals surface area contributed by atoms with Crippen molar-refractivity contribution < 1.29 is 9.53 Å². The van der Waals surface area contributed by atoms with Crippen molar-refractivity contribution in [2.45, 2.75) is 45.6 Å². The Morgan fingerprint density at radius 2 is 2.00 bits per heavy atom. The summed E-state index contributed by atoms with van der Waals surface area (Å²) in [6.45, 7) is 7.67. The summed E-state index contributed by atoms with van der Waals surface area (Å²) in [5.41, 5.74) is 1.69. The van der Waals surface area contributed by atoms with E-state index in [0.29, 0.717) is 5.56 Å². The van der Waals surface area contributed by atoms with Crippen molar-refractivity contribution in [2.24, 2.45) is 0 Å². The minimum Gasteiger partial charge on any atom is -0.491 e. The molecule has 0 aliphatic carbocycles. The molecule has 1 aromatic rings. The van der Waals surface area contributed by atoms with Crippen LogP contribution in [0, 0.1) is 0 Å². The number of ketones is 1. The number of aryl methyl sites for hydroxylation is 1. The molecule has 3 heteroatoms. The second-order valence-electron chi connectivity index (χ2n) is 4.32. The van der Waals surface area contributed by atoms with Crippen LogP contribution in [0.15, 0.2) is 18.2 Å². The van der Waals surface area contributed by atoms with Crippen LogP contribution in [0.2, 0.25) is 0 Å².